The molecule has 0 saturated carbocycles. The third-order valence-corrected chi connectivity index (χ3v) is 3.35. The van der Waals surface area contributed by atoms with E-state index in [2.05, 4.69) is 14.9 Å². The number of carbonyl (C=O) groups excluding carboxylic acids is 1. The SMILES string of the molecule is COC(=O)c1c(Oc2ccc(C#N)cc2C)nnc(C(F)(F)F)c1C. The molecule has 130 valence electrons. The Morgan fingerprint density at radius 1 is 1.24 bits per heavy atom. The van der Waals surface area contributed by atoms with Crippen molar-refractivity contribution in [2.45, 2.75) is 20.0 Å². The highest BCUT2D eigenvalue weighted by Crippen LogP contribution is 2.35. The maximum absolute atomic E-state index is 13.0. The molecule has 25 heavy (non-hydrogen) atoms. The average Bonchev–Trinajstić information content (AvgIpc) is 2.55. The quantitative estimate of drug-likeness (QED) is 0.786. The molecule has 0 N–H and O–H groups in total. The summed E-state index contributed by atoms with van der Waals surface area (Å²) in [4.78, 5) is 11.9. The fourth-order valence-electron chi connectivity index (χ4n) is 2.12. The van der Waals surface area contributed by atoms with Gasteiger partial charge in [-0.15, -0.1) is 10.2 Å². The Morgan fingerprint density at radius 2 is 1.92 bits per heavy atom. The summed E-state index contributed by atoms with van der Waals surface area (Å²) in [5.41, 5.74) is -1.29. The van der Waals surface area contributed by atoms with Crippen LogP contribution in [0.2, 0.25) is 0 Å². The highest BCUT2D eigenvalue weighted by Gasteiger charge is 2.38. The van der Waals surface area contributed by atoms with Crippen molar-refractivity contribution in [1.29, 1.82) is 5.26 Å². The first-order valence-electron chi connectivity index (χ1n) is 6.90. The van der Waals surface area contributed by atoms with E-state index in [9.17, 15) is 18.0 Å². The Morgan fingerprint density at radius 3 is 2.44 bits per heavy atom. The van der Waals surface area contributed by atoms with Crippen LogP contribution in [0.15, 0.2) is 18.2 Å². The summed E-state index contributed by atoms with van der Waals surface area (Å²) in [5.74, 6) is -1.22. The van der Waals surface area contributed by atoms with Crippen LogP contribution in [0.3, 0.4) is 0 Å². The molecule has 0 spiro atoms. The number of aryl methyl sites for hydroxylation is 1. The first kappa shape index (κ1) is 18.2. The van der Waals surface area contributed by atoms with Crippen molar-refractivity contribution in [2.24, 2.45) is 0 Å². The number of methoxy groups -OCH3 is 1. The first-order chi connectivity index (χ1) is 11.7. The minimum atomic E-state index is -4.78. The van der Waals surface area contributed by atoms with Gasteiger partial charge in [0.05, 0.1) is 18.7 Å². The predicted octanol–water partition coefficient (Wildman–Crippen LogP) is 3.56. The lowest BCUT2D eigenvalue weighted by Gasteiger charge is -2.15. The number of benzene rings is 1. The number of nitrogens with zero attached hydrogens (tertiary/aromatic N) is 3. The monoisotopic (exact) mass is 351 g/mol. The molecule has 1 aromatic heterocycles. The van der Waals surface area contributed by atoms with Crippen molar-refractivity contribution in [1.82, 2.24) is 10.2 Å². The zero-order valence-corrected chi connectivity index (χ0v) is 13.4. The molecule has 2 rings (SSSR count). The van der Waals surface area contributed by atoms with E-state index in [1.807, 2.05) is 6.07 Å². The summed E-state index contributed by atoms with van der Waals surface area (Å²) in [5, 5.41) is 15.4. The van der Waals surface area contributed by atoms with E-state index in [1.54, 1.807) is 6.92 Å². The summed E-state index contributed by atoms with van der Waals surface area (Å²) in [7, 11) is 1.03. The van der Waals surface area contributed by atoms with Gasteiger partial charge in [-0.2, -0.15) is 18.4 Å². The van der Waals surface area contributed by atoms with E-state index < -0.39 is 34.8 Å². The van der Waals surface area contributed by atoms with Crippen molar-refractivity contribution in [3.05, 3.63) is 46.1 Å². The molecule has 0 radical (unpaired) electrons. The number of rotatable bonds is 3. The molecule has 0 fully saturated rings. The van der Waals surface area contributed by atoms with E-state index in [0.717, 1.165) is 14.0 Å². The van der Waals surface area contributed by atoms with Crippen LogP contribution in [-0.4, -0.2) is 23.3 Å². The van der Waals surface area contributed by atoms with Crippen LogP contribution < -0.4 is 4.74 Å². The Balaban J connectivity index is 2.57. The maximum Gasteiger partial charge on any atom is 0.435 e. The van der Waals surface area contributed by atoms with Gasteiger partial charge in [0.2, 0.25) is 0 Å². The third-order valence-electron chi connectivity index (χ3n) is 3.35. The van der Waals surface area contributed by atoms with Crippen LogP contribution in [0.5, 0.6) is 11.6 Å². The molecule has 0 aliphatic heterocycles. The van der Waals surface area contributed by atoms with Gasteiger partial charge in [-0.1, -0.05) is 0 Å². The molecule has 6 nitrogen and oxygen atoms in total. The molecule has 1 aromatic carbocycles. The van der Waals surface area contributed by atoms with Crippen LogP contribution >= 0.6 is 0 Å². The molecule has 9 heteroatoms. The molecule has 0 saturated heterocycles. The smallest absolute Gasteiger partial charge is 0.435 e. The normalized spacial score (nSPS) is 10.9. The molecule has 0 bridgehead atoms. The molecular weight excluding hydrogens is 339 g/mol. The van der Waals surface area contributed by atoms with E-state index in [0.29, 0.717) is 11.1 Å². The number of carbonyl (C=O) groups is 1. The van der Waals surface area contributed by atoms with Crippen molar-refractivity contribution in [3.8, 4) is 17.7 Å². The summed E-state index contributed by atoms with van der Waals surface area (Å²) in [6.45, 7) is 2.72. The Bertz CT molecular complexity index is 873. The lowest BCUT2D eigenvalue weighted by molar-refractivity contribution is -0.142. The maximum atomic E-state index is 13.0. The second-order valence-electron chi connectivity index (χ2n) is 5.04. The number of hydrogen-bond acceptors (Lipinski definition) is 6. The summed E-state index contributed by atoms with van der Waals surface area (Å²) < 4.78 is 48.9. The summed E-state index contributed by atoms with van der Waals surface area (Å²) in [6, 6.07) is 6.38. The molecule has 1 heterocycles. The Labute approximate surface area is 140 Å². The van der Waals surface area contributed by atoms with Gasteiger partial charge in [0.1, 0.15) is 11.3 Å². The third kappa shape index (κ3) is 3.68. The molecule has 2 aromatic rings. The van der Waals surface area contributed by atoms with E-state index in [1.165, 1.54) is 18.2 Å². The molecule has 0 aliphatic carbocycles. The van der Waals surface area contributed by atoms with Crippen LogP contribution in [-0.2, 0) is 10.9 Å². The molecule has 0 amide bonds. The van der Waals surface area contributed by atoms with Crippen molar-refractivity contribution in [2.75, 3.05) is 7.11 Å². The minimum absolute atomic E-state index is 0.220. The fourth-order valence-corrected chi connectivity index (χ4v) is 2.12. The number of hydrogen-bond donors (Lipinski definition) is 0. The van der Waals surface area contributed by atoms with Crippen molar-refractivity contribution in [3.63, 3.8) is 0 Å². The Kier molecular flexibility index (Phi) is 4.92. The summed E-state index contributed by atoms with van der Waals surface area (Å²) in [6.07, 6.45) is -4.78. The van der Waals surface area contributed by atoms with E-state index >= 15 is 0 Å². The van der Waals surface area contributed by atoms with Crippen LogP contribution in [0, 0.1) is 25.2 Å². The van der Waals surface area contributed by atoms with Gasteiger partial charge in [0.25, 0.3) is 5.88 Å². The predicted molar refractivity (Wildman–Crippen MR) is 79.1 cm³/mol. The van der Waals surface area contributed by atoms with Crippen LogP contribution in [0.4, 0.5) is 13.2 Å². The minimum Gasteiger partial charge on any atom is -0.465 e. The molecular formula is C16H12F3N3O3. The van der Waals surface area contributed by atoms with Crippen molar-refractivity contribution < 1.29 is 27.4 Å². The zero-order chi connectivity index (χ0) is 18.8. The second kappa shape index (κ2) is 6.76. The first-order valence-corrected chi connectivity index (χ1v) is 6.90. The van der Waals surface area contributed by atoms with Gasteiger partial charge in [0, 0.05) is 5.56 Å². The van der Waals surface area contributed by atoms with Gasteiger partial charge in [-0.05, 0) is 37.6 Å². The number of aromatic nitrogens is 2. The second-order valence-corrected chi connectivity index (χ2v) is 5.04. The fraction of sp³-hybridized carbons (Fsp3) is 0.250. The number of nitriles is 1. The van der Waals surface area contributed by atoms with Gasteiger partial charge in [-0.25, -0.2) is 4.79 Å². The van der Waals surface area contributed by atoms with Gasteiger partial charge >= 0.3 is 12.1 Å². The topological polar surface area (TPSA) is 85.1 Å². The lowest BCUT2D eigenvalue weighted by Crippen LogP contribution is -2.17. The van der Waals surface area contributed by atoms with Crippen molar-refractivity contribution >= 4 is 5.97 Å². The lowest BCUT2D eigenvalue weighted by atomic mass is 10.1. The standard InChI is InChI=1S/C16H12F3N3O3/c1-8-6-10(7-20)4-5-11(8)25-14-12(15(23)24-3)9(2)13(21-22-14)16(17,18)19/h4-6H,1-3H3. The highest BCUT2D eigenvalue weighted by atomic mass is 19.4. The van der Waals surface area contributed by atoms with Gasteiger partial charge < -0.3 is 9.47 Å². The van der Waals surface area contributed by atoms with Crippen LogP contribution in [0.1, 0.15) is 32.7 Å². The highest BCUT2D eigenvalue weighted by molar-refractivity contribution is 5.93. The number of halogens is 3. The van der Waals surface area contributed by atoms with Gasteiger partial charge in [0.15, 0.2) is 5.69 Å². The Hall–Kier alpha value is -3.15. The largest absolute Gasteiger partial charge is 0.465 e. The number of ether oxygens (including phenoxy) is 2. The van der Waals surface area contributed by atoms with E-state index in [-0.39, 0.29) is 5.75 Å². The zero-order valence-electron chi connectivity index (χ0n) is 13.4. The number of esters is 1. The molecule has 0 aliphatic rings. The number of alkyl halides is 3. The van der Waals surface area contributed by atoms with E-state index in [4.69, 9.17) is 10.00 Å². The average molecular weight is 351 g/mol. The van der Waals surface area contributed by atoms with Gasteiger partial charge in [-0.3, -0.25) is 0 Å². The molecule has 0 atom stereocenters. The summed E-state index contributed by atoms with van der Waals surface area (Å²) >= 11 is 0. The molecule has 0 unspecified atom stereocenters. The van der Waals surface area contributed by atoms with Crippen LogP contribution in [0.25, 0.3) is 0 Å².